The van der Waals surface area contributed by atoms with Gasteiger partial charge in [0.25, 0.3) is 0 Å². The van der Waals surface area contributed by atoms with E-state index in [2.05, 4.69) is 68.7 Å². The average Bonchev–Trinajstić information content (AvgIpc) is 2.49. The van der Waals surface area contributed by atoms with E-state index in [-0.39, 0.29) is 0 Å². The maximum Gasteiger partial charge on any atom is 0.0564 e. The second kappa shape index (κ2) is 8.86. The number of anilines is 1. The molecule has 1 aliphatic heterocycles. The first kappa shape index (κ1) is 16.9. The summed E-state index contributed by atoms with van der Waals surface area (Å²) in [4.78, 5) is 10.5. The van der Waals surface area contributed by atoms with Crippen molar-refractivity contribution >= 4 is 53.5 Å². The van der Waals surface area contributed by atoms with Crippen molar-refractivity contribution in [2.75, 3.05) is 18.0 Å². The molecule has 3 rings (SSSR count). The number of piperidine rings is 1. The van der Waals surface area contributed by atoms with Crippen molar-refractivity contribution in [1.29, 1.82) is 0 Å². The number of halogens is 3. The minimum Gasteiger partial charge on any atom is -0.370 e. The molecule has 0 aromatic carbocycles. The molecule has 0 saturated carbocycles. The Morgan fingerprint density at radius 2 is 1.24 bits per heavy atom. The van der Waals surface area contributed by atoms with Crippen LogP contribution in [0, 0.1) is 0 Å². The Balaban J connectivity index is 0.000000173. The standard InChI is InChI=1S/C10H13BrN2.C5H3Br2N/c11-9-6-10(8-12-7-9)13-4-2-1-3-5-13;6-4-1-5(7)3-8-2-4/h6-8H,1-5H2;1-3H. The molecule has 0 aliphatic carbocycles. The number of aromatic nitrogens is 2. The number of hydrogen-bond acceptors (Lipinski definition) is 3. The summed E-state index contributed by atoms with van der Waals surface area (Å²) in [5, 5.41) is 0. The molecule has 1 fully saturated rings. The van der Waals surface area contributed by atoms with Gasteiger partial charge in [-0.05, 0) is 79.2 Å². The largest absolute Gasteiger partial charge is 0.370 e. The molecule has 0 atom stereocenters. The van der Waals surface area contributed by atoms with E-state index in [0.717, 1.165) is 13.4 Å². The third-order valence-corrected chi connectivity index (χ3v) is 4.38. The fourth-order valence-electron chi connectivity index (χ4n) is 2.11. The lowest BCUT2D eigenvalue weighted by Crippen LogP contribution is -2.29. The van der Waals surface area contributed by atoms with E-state index in [1.807, 2.05) is 18.5 Å². The molecule has 0 N–H and O–H groups in total. The number of nitrogens with zero attached hydrogens (tertiary/aromatic N) is 3. The van der Waals surface area contributed by atoms with Crippen LogP contribution in [0.1, 0.15) is 19.3 Å². The third kappa shape index (κ3) is 6.04. The average molecular weight is 478 g/mol. The first-order valence-corrected chi connectivity index (χ1v) is 9.14. The number of rotatable bonds is 1. The molecule has 21 heavy (non-hydrogen) atoms. The SMILES string of the molecule is Brc1cncc(Br)c1.Brc1cncc(N2CCCCC2)c1. The van der Waals surface area contributed by atoms with Gasteiger partial charge in [0, 0.05) is 45.1 Å². The van der Waals surface area contributed by atoms with Crippen LogP contribution in [0.3, 0.4) is 0 Å². The van der Waals surface area contributed by atoms with Crippen LogP contribution in [0.5, 0.6) is 0 Å². The maximum absolute atomic E-state index is 4.17. The molecule has 6 heteroatoms. The van der Waals surface area contributed by atoms with Gasteiger partial charge in [-0.1, -0.05) is 0 Å². The topological polar surface area (TPSA) is 29.0 Å². The van der Waals surface area contributed by atoms with Gasteiger partial charge in [-0.25, -0.2) is 0 Å². The van der Waals surface area contributed by atoms with Gasteiger partial charge in [-0.3, -0.25) is 9.97 Å². The molecule has 2 aromatic heterocycles. The molecule has 112 valence electrons. The number of hydrogen-bond donors (Lipinski definition) is 0. The summed E-state index contributed by atoms with van der Waals surface area (Å²) in [6.07, 6.45) is 11.2. The Kier molecular flexibility index (Phi) is 7.13. The monoisotopic (exact) mass is 475 g/mol. The van der Waals surface area contributed by atoms with Crippen LogP contribution in [0.4, 0.5) is 5.69 Å². The van der Waals surface area contributed by atoms with Crippen LogP contribution >= 0.6 is 47.8 Å². The van der Waals surface area contributed by atoms with Crippen molar-refractivity contribution in [1.82, 2.24) is 9.97 Å². The quantitative estimate of drug-likeness (QED) is 0.547. The van der Waals surface area contributed by atoms with Crippen LogP contribution in [-0.2, 0) is 0 Å². The first-order valence-electron chi connectivity index (χ1n) is 6.77. The highest BCUT2D eigenvalue weighted by Crippen LogP contribution is 2.21. The molecule has 3 heterocycles. The Bertz CT molecular complexity index is 554. The van der Waals surface area contributed by atoms with Crippen molar-refractivity contribution in [3.63, 3.8) is 0 Å². The Morgan fingerprint density at radius 1 is 0.714 bits per heavy atom. The van der Waals surface area contributed by atoms with Gasteiger partial charge in [0.1, 0.15) is 0 Å². The maximum atomic E-state index is 4.17. The van der Waals surface area contributed by atoms with Gasteiger partial charge in [0.2, 0.25) is 0 Å². The Morgan fingerprint density at radius 3 is 1.71 bits per heavy atom. The number of pyridine rings is 2. The van der Waals surface area contributed by atoms with E-state index in [9.17, 15) is 0 Å². The van der Waals surface area contributed by atoms with Crippen LogP contribution in [-0.4, -0.2) is 23.1 Å². The van der Waals surface area contributed by atoms with Crippen molar-refractivity contribution in [3.05, 3.63) is 50.3 Å². The predicted molar refractivity (Wildman–Crippen MR) is 97.6 cm³/mol. The Labute approximate surface area is 150 Å². The van der Waals surface area contributed by atoms with E-state index >= 15 is 0 Å². The summed E-state index contributed by atoms with van der Waals surface area (Å²) in [7, 11) is 0. The summed E-state index contributed by atoms with van der Waals surface area (Å²) in [5.74, 6) is 0. The fraction of sp³-hybridized carbons (Fsp3) is 0.333. The molecule has 2 aromatic rings. The molecule has 3 nitrogen and oxygen atoms in total. The van der Waals surface area contributed by atoms with Gasteiger partial charge in [-0.2, -0.15) is 0 Å². The second-order valence-corrected chi connectivity index (χ2v) is 7.48. The lowest BCUT2D eigenvalue weighted by Gasteiger charge is -2.28. The van der Waals surface area contributed by atoms with Crippen LogP contribution in [0.15, 0.2) is 50.3 Å². The normalized spacial score (nSPS) is 14.3. The highest BCUT2D eigenvalue weighted by molar-refractivity contribution is 9.11. The molecule has 0 spiro atoms. The molecule has 0 unspecified atom stereocenters. The molecule has 1 aliphatic rings. The zero-order valence-corrected chi connectivity index (χ0v) is 16.2. The van der Waals surface area contributed by atoms with E-state index in [0.29, 0.717) is 0 Å². The van der Waals surface area contributed by atoms with Crippen molar-refractivity contribution in [2.45, 2.75) is 19.3 Å². The zero-order valence-electron chi connectivity index (χ0n) is 11.5. The third-order valence-electron chi connectivity index (χ3n) is 3.08. The summed E-state index contributed by atoms with van der Waals surface area (Å²) in [6.45, 7) is 2.36. The minimum atomic E-state index is 0.992. The predicted octanol–water partition coefficient (Wildman–Crippen LogP) is 5.44. The smallest absolute Gasteiger partial charge is 0.0564 e. The van der Waals surface area contributed by atoms with Gasteiger partial charge in [0.15, 0.2) is 0 Å². The van der Waals surface area contributed by atoms with E-state index in [4.69, 9.17) is 0 Å². The second-order valence-electron chi connectivity index (χ2n) is 4.73. The molecular formula is C15H16Br3N3. The van der Waals surface area contributed by atoms with Crippen molar-refractivity contribution in [3.8, 4) is 0 Å². The highest BCUT2D eigenvalue weighted by Gasteiger charge is 2.10. The molecule has 0 amide bonds. The lowest BCUT2D eigenvalue weighted by molar-refractivity contribution is 0.577. The van der Waals surface area contributed by atoms with Crippen LogP contribution in [0.25, 0.3) is 0 Å². The summed E-state index contributed by atoms with van der Waals surface area (Å²) < 4.78 is 3.05. The molecular weight excluding hydrogens is 462 g/mol. The van der Waals surface area contributed by atoms with Gasteiger partial charge >= 0.3 is 0 Å². The molecule has 0 bridgehead atoms. The van der Waals surface area contributed by atoms with Crippen LogP contribution in [0.2, 0.25) is 0 Å². The lowest BCUT2D eigenvalue weighted by atomic mass is 10.1. The van der Waals surface area contributed by atoms with Crippen molar-refractivity contribution in [2.24, 2.45) is 0 Å². The summed E-state index contributed by atoms with van der Waals surface area (Å²) in [6, 6.07) is 4.07. The summed E-state index contributed by atoms with van der Waals surface area (Å²) in [5.41, 5.74) is 1.24. The van der Waals surface area contributed by atoms with Gasteiger partial charge in [-0.15, -0.1) is 0 Å². The zero-order chi connectivity index (χ0) is 15.1. The summed E-state index contributed by atoms with van der Waals surface area (Å²) >= 11 is 9.98. The minimum absolute atomic E-state index is 0.992. The molecule has 1 saturated heterocycles. The van der Waals surface area contributed by atoms with Crippen LogP contribution < -0.4 is 4.90 Å². The van der Waals surface area contributed by atoms with E-state index in [1.54, 1.807) is 12.4 Å². The first-order chi connectivity index (χ1) is 10.1. The van der Waals surface area contributed by atoms with E-state index in [1.165, 1.54) is 38.0 Å². The van der Waals surface area contributed by atoms with Gasteiger partial charge in [0.05, 0.1) is 11.9 Å². The van der Waals surface area contributed by atoms with Gasteiger partial charge < -0.3 is 4.90 Å². The van der Waals surface area contributed by atoms with Crippen molar-refractivity contribution < 1.29 is 0 Å². The fourth-order valence-corrected chi connectivity index (χ4v) is 3.50. The Hall–Kier alpha value is -0.460. The highest BCUT2D eigenvalue weighted by atomic mass is 79.9. The molecule has 0 radical (unpaired) electrons. The van der Waals surface area contributed by atoms with E-state index < -0.39 is 0 Å².